The van der Waals surface area contributed by atoms with Gasteiger partial charge in [-0.3, -0.25) is 0 Å². The molecule has 1 heterocycles. The van der Waals surface area contributed by atoms with Crippen LogP contribution in [0.2, 0.25) is 0 Å². The molecule has 54 valence electrons. The molecule has 2 heteroatoms. The van der Waals surface area contributed by atoms with Crippen molar-refractivity contribution in [2.75, 3.05) is 18.6 Å². The molecular formula is C7H14OS. The monoisotopic (exact) mass is 146 g/mol. The molecular weight excluding hydrogens is 132 g/mol. The summed E-state index contributed by atoms with van der Waals surface area (Å²) in [7, 11) is 0. The number of rotatable bonds is 3. The van der Waals surface area contributed by atoms with Crippen LogP contribution in [0, 0.1) is 0 Å². The highest BCUT2D eigenvalue weighted by Crippen LogP contribution is 2.16. The van der Waals surface area contributed by atoms with Crippen molar-refractivity contribution in [2.45, 2.75) is 25.4 Å². The molecule has 0 amide bonds. The summed E-state index contributed by atoms with van der Waals surface area (Å²) in [6.45, 7) is 0.999. The van der Waals surface area contributed by atoms with Gasteiger partial charge in [0.2, 0.25) is 0 Å². The first-order valence-corrected chi connectivity index (χ1v) is 4.93. The third-order valence-electron chi connectivity index (χ3n) is 1.67. The Morgan fingerprint density at radius 2 is 2.56 bits per heavy atom. The average Bonchev–Trinajstić information content (AvgIpc) is 2.34. The van der Waals surface area contributed by atoms with Gasteiger partial charge in [-0.1, -0.05) is 0 Å². The quantitative estimate of drug-likeness (QED) is 0.601. The summed E-state index contributed by atoms with van der Waals surface area (Å²) in [5.41, 5.74) is 0. The zero-order valence-electron chi connectivity index (χ0n) is 5.93. The van der Waals surface area contributed by atoms with Gasteiger partial charge < -0.3 is 4.74 Å². The maximum atomic E-state index is 5.44. The minimum atomic E-state index is 0.595. The van der Waals surface area contributed by atoms with Gasteiger partial charge in [-0.15, -0.1) is 0 Å². The van der Waals surface area contributed by atoms with Crippen LogP contribution >= 0.6 is 11.8 Å². The summed E-state index contributed by atoms with van der Waals surface area (Å²) in [4.78, 5) is 0. The van der Waals surface area contributed by atoms with E-state index < -0.39 is 0 Å². The Morgan fingerprint density at radius 3 is 3.11 bits per heavy atom. The second-order valence-electron chi connectivity index (χ2n) is 2.42. The maximum absolute atomic E-state index is 5.44. The second kappa shape index (κ2) is 4.18. The van der Waals surface area contributed by atoms with Crippen LogP contribution in [0.4, 0.5) is 0 Å². The molecule has 9 heavy (non-hydrogen) atoms. The first-order valence-electron chi connectivity index (χ1n) is 3.54. The van der Waals surface area contributed by atoms with Crippen molar-refractivity contribution >= 4 is 11.8 Å². The summed E-state index contributed by atoms with van der Waals surface area (Å²) >= 11 is 1.91. The maximum Gasteiger partial charge on any atom is 0.0583 e. The van der Waals surface area contributed by atoms with E-state index in [9.17, 15) is 0 Å². The SMILES string of the molecule is CSCCC1CCCO1. The minimum absolute atomic E-state index is 0.595. The first-order chi connectivity index (χ1) is 4.43. The fourth-order valence-electron chi connectivity index (χ4n) is 1.12. The van der Waals surface area contributed by atoms with Gasteiger partial charge in [-0.2, -0.15) is 11.8 Å². The third kappa shape index (κ3) is 2.59. The van der Waals surface area contributed by atoms with Crippen LogP contribution in [-0.2, 0) is 4.74 Å². The van der Waals surface area contributed by atoms with Gasteiger partial charge in [0.15, 0.2) is 0 Å². The lowest BCUT2D eigenvalue weighted by Crippen LogP contribution is -2.05. The topological polar surface area (TPSA) is 9.23 Å². The van der Waals surface area contributed by atoms with Crippen molar-refractivity contribution in [1.82, 2.24) is 0 Å². The minimum Gasteiger partial charge on any atom is -0.378 e. The Bertz CT molecular complexity index is 69.3. The zero-order valence-corrected chi connectivity index (χ0v) is 6.75. The van der Waals surface area contributed by atoms with E-state index in [1.807, 2.05) is 11.8 Å². The molecule has 1 atom stereocenters. The van der Waals surface area contributed by atoms with E-state index >= 15 is 0 Å². The molecule has 1 aliphatic heterocycles. The van der Waals surface area contributed by atoms with E-state index in [1.54, 1.807) is 0 Å². The fraction of sp³-hybridized carbons (Fsp3) is 1.00. The summed E-state index contributed by atoms with van der Waals surface area (Å²) in [6, 6.07) is 0. The molecule has 1 saturated heterocycles. The van der Waals surface area contributed by atoms with Crippen LogP contribution in [0.15, 0.2) is 0 Å². The molecule has 1 fully saturated rings. The van der Waals surface area contributed by atoms with Crippen LogP contribution in [0.25, 0.3) is 0 Å². The summed E-state index contributed by atoms with van der Waals surface area (Å²) < 4.78 is 5.44. The van der Waals surface area contributed by atoms with Crippen LogP contribution in [-0.4, -0.2) is 24.7 Å². The number of ether oxygens (including phenoxy) is 1. The predicted octanol–water partition coefficient (Wildman–Crippen LogP) is 1.92. The highest BCUT2D eigenvalue weighted by Gasteiger charge is 2.13. The lowest BCUT2D eigenvalue weighted by Gasteiger charge is -2.05. The second-order valence-corrected chi connectivity index (χ2v) is 3.40. The van der Waals surface area contributed by atoms with E-state index in [0.717, 1.165) is 6.61 Å². The molecule has 0 bridgehead atoms. The summed E-state index contributed by atoms with van der Waals surface area (Å²) in [6.07, 6.45) is 6.56. The lowest BCUT2D eigenvalue weighted by atomic mass is 10.2. The molecule has 0 spiro atoms. The van der Waals surface area contributed by atoms with Gasteiger partial charge in [-0.05, 0) is 31.3 Å². The molecule has 0 aromatic rings. The third-order valence-corrected chi connectivity index (χ3v) is 2.31. The Morgan fingerprint density at radius 1 is 1.67 bits per heavy atom. The molecule has 0 aromatic carbocycles. The highest BCUT2D eigenvalue weighted by molar-refractivity contribution is 7.98. The molecule has 0 N–H and O–H groups in total. The molecule has 1 rings (SSSR count). The Kier molecular flexibility index (Phi) is 3.44. The van der Waals surface area contributed by atoms with E-state index in [0.29, 0.717) is 6.10 Å². The largest absolute Gasteiger partial charge is 0.378 e. The fourth-order valence-corrected chi connectivity index (χ4v) is 1.62. The van der Waals surface area contributed by atoms with E-state index in [-0.39, 0.29) is 0 Å². The van der Waals surface area contributed by atoms with Crippen LogP contribution in [0.1, 0.15) is 19.3 Å². The molecule has 0 saturated carbocycles. The van der Waals surface area contributed by atoms with Crippen molar-refractivity contribution in [3.63, 3.8) is 0 Å². The van der Waals surface area contributed by atoms with Crippen molar-refractivity contribution in [3.8, 4) is 0 Å². The van der Waals surface area contributed by atoms with Gasteiger partial charge in [0.25, 0.3) is 0 Å². The smallest absolute Gasteiger partial charge is 0.0583 e. The molecule has 0 radical (unpaired) electrons. The average molecular weight is 146 g/mol. The molecule has 0 aromatic heterocycles. The van der Waals surface area contributed by atoms with Crippen LogP contribution in [0.3, 0.4) is 0 Å². The Balaban J connectivity index is 1.98. The number of hydrogen-bond acceptors (Lipinski definition) is 2. The van der Waals surface area contributed by atoms with Gasteiger partial charge in [0.1, 0.15) is 0 Å². The normalized spacial score (nSPS) is 27.0. The van der Waals surface area contributed by atoms with Crippen molar-refractivity contribution in [1.29, 1.82) is 0 Å². The van der Waals surface area contributed by atoms with Crippen LogP contribution < -0.4 is 0 Å². The standard InChI is InChI=1S/C7H14OS/c1-9-6-4-7-3-2-5-8-7/h7H,2-6H2,1H3. The van der Waals surface area contributed by atoms with E-state index in [1.165, 1.54) is 25.0 Å². The summed E-state index contributed by atoms with van der Waals surface area (Å²) in [5, 5.41) is 0. The number of hydrogen-bond donors (Lipinski definition) is 0. The molecule has 1 unspecified atom stereocenters. The van der Waals surface area contributed by atoms with Gasteiger partial charge >= 0.3 is 0 Å². The highest BCUT2D eigenvalue weighted by atomic mass is 32.2. The van der Waals surface area contributed by atoms with Gasteiger partial charge in [0.05, 0.1) is 6.10 Å². The number of thioether (sulfide) groups is 1. The predicted molar refractivity (Wildman–Crippen MR) is 42.0 cm³/mol. The Labute approximate surface area is 61.2 Å². The van der Waals surface area contributed by atoms with Crippen molar-refractivity contribution in [3.05, 3.63) is 0 Å². The molecule has 0 aliphatic carbocycles. The van der Waals surface area contributed by atoms with Gasteiger partial charge in [-0.25, -0.2) is 0 Å². The van der Waals surface area contributed by atoms with Gasteiger partial charge in [0, 0.05) is 6.61 Å². The molecule has 1 aliphatic rings. The lowest BCUT2D eigenvalue weighted by molar-refractivity contribution is 0.109. The molecule has 1 nitrogen and oxygen atoms in total. The zero-order chi connectivity index (χ0) is 6.53. The van der Waals surface area contributed by atoms with Crippen LogP contribution in [0.5, 0.6) is 0 Å². The Hall–Kier alpha value is 0.310. The van der Waals surface area contributed by atoms with Crippen molar-refractivity contribution in [2.24, 2.45) is 0 Å². The van der Waals surface area contributed by atoms with E-state index in [2.05, 4.69) is 6.26 Å². The van der Waals surface area contributed by atoms with E-state index in [4.69, 9.17) is 4.74 Å². The summed E-state index contributed by atoms with van der Waals surface area (Å²) in [5.74, 6) is 1.25. The van der Waals surface area contributed by atoms with Crippen molar-refractivity contribution < 1.29 is 4.74 Å². The first kappa shape index (κ1) is 7.42.